The summed E-state index contributed by atoms with van der Waals surface area (Å²) in [4.78, 5) is 23.1. The Bertz CT molecular complexity index is 455. The van der Waals surface area contributed by atoms with Crippen LogP contribution in [0.5, 0.6) is 0 Å². The molecule has 0 aliphatic heterocycles. The van der Waals surface area contributed by atoms with Gasteiger partial charge in [0.15, 0.2) is 5.78 Å². The van der Waals surface area contributed by atoms with Gasteiger partial charge in [0, 0.05) is 10.6 Å². The van der Waals surface area contributed by atoms with Crippen molar-refractivity contribution >= 4 is 17.4 Å². The molecule has 4 nitrogen and oxygen atoms in total. The maximum Gasteiger partial charge on any atom is 0.186 e. The van der Waals surface area contributed by atoms with Gasteiger partial charge in [-0.05, 0) is 39.8 Å². The number of benzene rings is 1. The van der Waals surface area contributed by atoms with E-state index in [0.29, 0.717) is 10.6 Å². The zero-order valence-electron chi connectivity index (χ0n) is 11.0. The standard InChI is InChI=1S/C13H17ClN2O2/c1-9(16(15-18)13(2,3)4)12(17)10-6-5-7-11(14)8-10/h5-9H,1-4H3. The van der Waals surface area contributed by atoms with Crippen molar-refractivity contribution in [3.63, 3.8) is 0 Å². The number of Topliss-reactive ketones (excluding diaryl/α,β-unsaturated/α-hetero) is 1. The smallest absolute Gasteiger partial charge is 0.186 e. The van der Waals surface area contributed by atoms with Crippen LogP contribution in [0.4, 0.5) is 0 Å². The Kier molecular flexibility index (Phi) is 4.46. The first-order valence-electron chi connectivity index (χ1n) is 5.69. The lowest BCUT2D eigenvalue weighted by Gasteiger charge is -2.34. The predicted octanol–water partition coefficient (Wildman–Crippen LogP) is 3.69. The van der Waals surface area contributed by atoms with Crippen molar-refractivity contribution in [1.82, 2.24) is 5.01 Å². The summed E-state index contributed by atoms with van der Waals surface area (Å²) in [6, 6.07) is 6.05. The molecule has 0 heterocycles. The Morgan fingerprint density at radius 1 is 1.39 bits per heavy atom. The Balaban J connectivity index is 3.00. The third kappa shape index (κ3) is 3.29. The van der Waals surface area contributed by atoms with E-state index in [0.717, 1.165) is 0 Å². The highest BCUT2D eigenvalue weighted by Crippen LogP contribution is 2.21. The zero-order chi connectivity index (χ0) is 13.9. The molecule has 18 heavy (non-hydrogen) atoms. The average Bonchev–Trinajstić information content (AvgIpc) is 2.26. The van der Waals surface area contributed by atoms with Crippen LogP contribution >= 0.6 is 11.6 Å². The van der Waals surface area contributed by atoms with Crippen molar-refractivity contribution in [2.45, 2.75) is 39.3 Å². The number of nitrogens with zero attached hydrogens (tertiary/aromatic N) is 2. The van der Waals surface area contributed by atoms with Crippen molar-refractivity contribution in [3.8, 4) is 0 Å². The summed E-state index contributed by atoms with van der Waals surface area (Å²) in [5.41, 5.74) is -0.0250. The van der Waals surface area contributed by atoms with E-state index in [2.05, 4.69) is 5.29 Å². The van der Waals surface area contributed by atoms with E-state index in [-0.39, 0.29) is 5.78 Å². The normalized spacial score (nSPS) is 12.9. The van der Waals surface area contributed by atoms with Crippen LogP contribution in [0.25, 0.3) is 0 Å². The van der Waals surface area contributed by atoms with Gasteiger partial charge in [0.1, 0.15) is 6.04 Å². The summed E-state index contributed by atoms with van der Waals surface area (Å²) in [6.07, 6.45) is 0. The number of ketones is 1. The van der Waals surface area contributed by atoms with Crippen LogP contribution in [-0.2, 0) is 0 Å². The van der Waals surface area contributed by atoms with E-state index >= 15 is 0 Å². The summed E-state index contributed by atoms with van der Waals surface area (Å²) in [7, 11) is 0. The van der Waals surface area contributed by atoms with Crippen LogP contribution in [0.3, 0.4) is 0 Å². The summed E-state index contributed by atoms with van der Waals surface area (Å²) in [6.45, 7) is 7.15. The maximum atomic E-state index is 12.2. The van der Waals surface area contributed by atoms with Gasteiger partial charge in [0.2, 0.25) is 0 Å². The zero-order valence-corrected chi connectivity index (χ0v) is 11.7. The molecule has 1 rings (SSSR count). The highest BCUT2D eigenvalue weighted by atomic mass is 35.5. The largest absolute Gasteiger partial charge is 0.292 e. The van der Waals surface area contributed by atoms with Gasteiger partial charge in [-0.1, -0.05) is 23.7 Å². The van der Waals surface area contributed by atoms with Crippen molar-refractivity contribution in [2.75, 3.05) is 0 Å². The molecule has 0 radical (unpaired) electrons. The second kappa shape index (κ2) is 5.48. The van der Waals surface area contributed by atoms with Crippen LogP contribution in [0.1, 0.15) is 38.1 Å². The van der Waals surface area contributed by atoms with E-state index in [1.165, 1.54) is 5.01 Å². The molecule has 0 fully saturated rings. The molecule has 0 aliphatic carbocycles. The van der Waals surface area contributed by atoms with Crippen LogP contribution in [-0.4, -0.2) is 22.4 Å². The maximum absolute atomic E-state index is 12.2. The van der Waals surface area contributed by atoms with Gasteiger partial charge in [-0.25, -0.2) is 5.01 Å². The number of carbonyl (C=O) groups excluding carboxylic acids is 1. The highest BCUT2D eigenvalue weighted by molar-refractivity contribution is 6.31. The number of halogens is 1. The van der Waals surface area contributed by atoms with E-state index in [9.17, 15) is 9.70 Å². The molecule has 1 aromatic carbocycles. The molecule has 0 saturated carbocycles. The first-order chi connectivity index (χ1) is 8.27. The molecule has 1 atom stereocenters. The summed E-state index contributed by atoms with van der Waals surface area (Å²) in [5.74, 6) is -0.174. The summed E-state index contributed by atoms with van der Waals surface area (Å²) >= 11 is 5.85. The van der Waals surface area contributed by atoms with Gasteiger partial charge in [-0.15, -0.1) is 4.91 Å². The number of nitroso groups, excluding NO2 is 1. The first kappa shape index (κ1) is 14.6. The molecule has 1 aromatic rings. The highest BCUT2D eigenvalue weighted by Gasteiger charge is 2.31. The van der Waals surface area contributed by atoms with Gasteiger partial charge in [-0.2, -0.15) is 0 Å². The molecule has 0 spiro atoms. The monoisotopic (exact) mass is 268 g/mol. The van der Waals surface area contributed by atoms with E-state index in [1.807, 2.05) is 20.8 Å². The Morgan fingerprint density at radius 2 is 2.00 bits per heavy atom. The van der Waals surface area contributed by atoms with Crippen LogP contribution in [0.15, 0.2) is 29.6 Å². The number of hydrogen-bond acceptors (Lipinski definition) is 3. The van der Waals surface area contributed by atoms with E-state index < -0.39 is 11.6 Å². The first-order valence-corrected chi connectivity index (χ1v) is 6.07. The molecule has 0 N–H and O–H groups in total. The summed E-state index contributed by atoms with van der Waals surface area (Å²) < 4.78 is 0. The number of hydrogen-bond donors (Lipinski definition) is 0. The molecule has 0 aliphatic rings. The van der Waals surface area contributed by atoms with Crippen LogP contribution in [0, 0.1) is 4.91 Å². The second-order valence-electron chi connectivity index (χ2n) is 5.15. The topological polar surface area (TPSA) is 49.7 Å². The Hall–Kier alpha value is -1.42. The van der Waals surface area contributed by atoms with Crippen molar-refractivity contribution < 1.29 is 4.79 Å². The fraction of sp³-hybridized carbons (Fsp3) is 0.462. The fourth-order valence-electron chi connectivity index (χ4n) is 1.77. The Labute approximate surface area is 112 Å². The molecule has 98 valence electrons. The van der Waals surface area contributed by atoms with Gasteiger partial charge >= 0.3 is 0 Å². The molecular weight excluding hydrogens is 252 g/mol. The third-order valence-electron chi connectivity index (χ3n) is 2.63. The molecule has 0 aromatic heterocycles. The van der Waals surface area contributed by atoms with E-state index in [1.54, 1.807) is 31.2 Å². The lowest BCUT2D eigenvalue weighted by molar-refractivity contribution is 0.0623. The molecule has 0 saturated heterocycles. The fourth-order valence-corrected chi connectivity index (χ4v) is 1.96. The van der Waals surface area contributed by atoms with Crippen molar-refractivity contribution in [2.24, 2.45) is 5.29 Å². The van der Waals surface area contributed by atoms with Gasteiger partial charge < -0.3 is 0 Å². The molecule has 0 bridgehead atoms. The minimum absolute atomic E-state index is 0.174. The predicted molar refractivity (Wildman–Crippen MR) is 72.6 cm³/mol. The minimum Gasteiger partial charge on any atom is -0.292 e. The van der Waals surface area contributed by atoms with Crippen LogP contribution < -0.4 is 0 Å². The molecule has 5 heteroatoms. The molecule has 1 unspecified atom stereocenters. The second-order valence-corrected chi connectivity index (χ2v) is 5.58. The number of rotatable bonds is 4. The SMILES string of the molecule is CC(C(=O)c1cccc(Cl)c1)N(N=O)C(C)(C)C. The van der Waals surface area contributed by atoms with Gasteiger partial charge in [-0.3, -0.25) is 4.79 Å². The van der Waals surface area contributed by atoms with E-state index in [4.69, 9.17) is 11.6 Å². The van der Waals surface area contributed by atoms with Gasteiger partial charge in [0.05, 0.1) is 10.8 Å². The Morgan fingerprint density at radius 3 is 2.44 bits per heavy atom. The molecular formula is C13H17ClN2O2. The molecule has 0 amide bonds. The quantitative estimate of drug-likeness (QED) is 0.475. The average molecular weight is 269 g/mol. The third-order valence-corrected chi connectivity index (χ3v) is 2.87. The minimum atomic E-state index is -0.624. The summed E-state index contributed by atoms with van der Waals surface area (Å²) in [5, 5.41) is 4.71. The number of carbonyl (C=O) groups is 1. The lowest BCUT2D eigenvalue weighted by atomic mass is 10.0. The van der Waals surface area contributed by atoms with Crippen molar-refractivity contribution in [1.29, 1.82) is 0 Å². The lowest BCUT2D eigenvalue weighted by Crippen LogP contribution is -2.46. The van der Waals surface area contributed by atoms with Crippen molar-refractivity contribution in [3.05, 3.63) is 39.8 Å². The van der Waals surface area contributed by atoms with Gasteiger partial charge in [0.25, 0.3) is 0 Å². The van der Waals surface area contributed by atoms with Crippen LogP contribution in [0.2, 0.25) is 5.02 Å².